The van der Waals surface area contributed by atoms with E-state index in [9.17, 15) is 9.59 Å². The van der Waals surface area contributed by atoms with E-state index >= 15 is 0 Å². The van der Waals surface area contributed by atoms with Gasteiger partial charge in [0.15, 0.2) is 0 Å². The molecular formula is C12H26N4O4. The fraction of sp³-hybridized carbons (Fsp3) is 0.833. The number of nitrogens with one attached hydrogen (secondary N) is 4. The molecule has 0 atom stereocenters. The van der Waals surface area contributed by atoms with Gasteiger partial charge in [0.2, 0.25) is 0 Å². The third-order valence-electron chi connectivity index (χ3n) is 2.76. The van der Waals surface area contributed by atoms with E-state index in [0.717, 1.165) is 45.1 Å². The highest BCUT2D eigenvalue weighted by Crippen LogP contribution is 2.09. The molecule has 0 heterocycles. The number of unbranched alkanes of at least 4 members (excludes halogenated alkanes) is 7. The Balaban J connectivity index is 2.99. The van der Waals surface area contributed by atoms with Gasteiger partial charge in [-0.15, -0.1) is 0 Å². The maximum atomic E-state index is 10.3. The van der Waals surface area contributed by atoms with Gasteiger partial charge in [-0.2, -0.15) is 11.1 Å². The first-order valence-corrected chi connectivity index (χ1v) is 7.06. The van der Waals surface area contributed by atoms with Crippen LogP contribution in [0.25, 0.3) is 0 Å². The Hall–Kier alpha value is -1.38. The fourth-order valence-corrected chi connectivity index (χ4v) is 1.74. The van der Waals surface area contributed by atoms with E-state index in [1.54, 1.807) is 0 Å². The molecule has 0 unspecified atom stereocenters. The number of rotatable bonds is 14. The molecule has 6 N–H and O–H groups in total. The molecule has 20 heavy (non-hydrogen) atoms. The van der Waals surface area contributed by atoms with Gasteiger partial charge in [-0.05, 0) is 12.8 Å². The summed E-state index contributed by atoms with van der Waals surface area (Å²) in [4.78, 5) is 20.3. The number of amides is 1. The van der Waals surface area contributed by atoms with E-state index in [1.165, 1.54) is 12.8 Å². The summed E-state index contributed by atoms with van der Waals surface area (Å²) in [5, 5.41) is 16.7. The van der Waals surface area contributed by atoms with Gasteiger partial charge in [0.1, 0.15) is 0 Å². The number of carboxylic acids is 1. The van der Waals surface area contributed by atoms with Gasteiger partial charge in [0.05, 0.1) is 0 Å². The first kappa shape index (κ1) is 18.6. The Morgan fingerprint density at radius 1 is 0.750 bits per heavy atom. The summed E-state index contributed by atoms with van der Waals surface area (Å²) >= 11 is 0. The topological polar surface area (TPSA) is 123 Å². The van der Waals surface area contributed by atoms with Crippen LogP contribution in [0.4, 0.5) is 4.79 Å². The average Bonchev–Trinajstić information content (AvgIpc) is 2.38. The van der Waals surface area contributed by atoms with Crippen molar-refractivity contribution in [3.63, 3.8) is 0 Å². The minimum atomic E-state index is -1.15. The van der Waals surface area contributed by atoms with Crippen LogP contribution in [-0.2, 0) is 4.79 Å². The van der Waals surface area contributed by atoms with Crippen LogP contribution in [0.2, 0.25) is 0 Å². The Kier molecular flexibility index (Phi) is 13.1. The summed E-state index contributed by atoms with van der Waals surface area (Å²) < 4.78 is 0. The molecule has 0 saturated heterocycles. The minimum absolute atomic E-state index is 0.281. The highest BCUT2D eigenvalue weighted by molar-refractivity contribution is 5.66. The maximum absolute atomic E-state index is 10.3. The lowest BCUT2D eigenvalue weighted by Gasteiger charge is -2.07. The number of carbonyl (C=O) groups is 2. The summed E-state index contributed by atoms with van der Waals surface area (Å²) in [5.74, 6) is -0.709. The molecule has 118 valence electrons. The van der Waals surface area contributed by atoms with Gasteiger partial charge in [-0.3, -0.25) is 4.79 Å². The molecule has 0 spiro atoms. The highest BCUT2D eigenvalue weighted by Gasteiger charge is 1.96. The Morgan fingerprint density at radius 3 is 1.85 bits per heavy atom. The normalized spacial score (nSPS) is 10.4. The van der Waals surface area contributed by atoms with Crippen LogP contribution in [0.3, 0.4) is 0 Å². The van der Waals surface area contributed by atoms with E-state index in [1.807, 2.05) is 5.43 Å². The molecule has 0 saturated carbocycles. The third-order valence-corrected chi connectivity index (χ3v) is 2.76. The largest absolute Gasteiger partial charge is 0.481 e. The van der Waals surface area contributed by atoms with Gasteiger partial charge in [-0.1, -0.05) is 38.5 Å². The number of carboxylic acid groups (broad SMARTS) is 2. The molecular weight excluding hydrogens is 264 g/mol. The van der Waals surface area contributed by atoms with Crippen molar-refractivity contribution in [2.75, 3.05) is 6.54 Å². The van der Waals surface area contributed by atoms with E-state index in [0.29, 0.717) is 0 Å². The number of hydrogen-bond donors (Lipinski definition) is 6. The molecule has 0 radical (unpaired) electrons. The Morgan fingerprint density at radius 2 is 1.30 bits per heavy atom. The van der Waals surface area contributed by atoms with Crippen LogP contribution in [0.1, 0.15) is 57.8 Å². The quantitative estimate of drug-likeness (QED) is 0.211. The average molecular weight is 290 g/mol. The Bertz CT molecular complexity index is 238. The smallest absolute Gasteiger partial charge is 0.420 e. The third kappa shape index (κ3) is 16.6. The fourth-order valence-electron chi connectivity index (χ4n) is 1.74. The van der Waals surface area contributed by atoms with Crippen molar-refractivity contribution in [1.82, 2.24) is 21.9 Å². The van der Waals surface area contributed by atoms with E-state index in [2.05, 4.69) is 16.5 Å². The second-order valence-electron chi connectivity index (χ2n) is 4.58. The van der Waals surface area contributed by atoms with Gasteiger partial charge in [0.25, 0.3) is 0 Å². The zero-order valence-electron chi connectivity index (χ0n) is 11.8. The summed E-state index contributed by atoms with van der Waals surface area (Å²) in [6.07, 6.45) is 7.67. The molecule has 0 aliphatic heterocycles. The van der Waals surface area contributed by atoms with Crippen LogP contribution in [-0.4, -0.2) is 28.8 Å². The van der Waals surface area contributed by atoms with Crippen molar-refractivity contribution >= 4 is 12.1 Å². The van der Waals surface area contributed by atoms with Crippen molar-refractivity contribution in [1.29, 1.82) is 0 Å². The lowest BCUT2D eigenvalue weighted by atomic mass is 10.1. The molecule has 0 aliphatic carbocycles. The molecule has 0 aliphatic rings. The second-order valence-corrected chi connectivity index (χ2v) is 4.58. The van der Waals surface area contributed by atoms with E-state index in [-0.39, 0.29) is 6.42 Å². The zero-order valence-corrected chi connectivity index (χ0v) is 11.8. The van der Waals surface area contributed by atoms with Gasteiger partial charge >= 0.3 is 12.1 Å². The van der Waals surface area contributed by atoms with Gasteiger partial charge in [-0.25, -0.2) is 15.6 Å². The monoisotopic (exact) mass is 290 g/mol. The molecule has 0 rings (SSSR count). The van der Waals surface area contributed by atoms with Crippen LogP contribution in [0.5, 0.6) is 0 Å². The first-order chi connectivity index (χ1) is 9.63. The van der Waals surface area contributed by atoms with Gasteiger partial charge in [0, 0.05) is 13.0 Å². The van der Waals surface area contributed by atoms with E-state index < -0.39 is 12.1 Å². The number of aliphatic carboxylic acids is 1. The van der Waals surface area contributed by atoms with Crippen LogP contribution in [0.15, 0.2) is 0 Å². The summed E-state index contributed by atoms with van der Waals surface area (Å²) in [7, 11) is 0. The van der Waals surface area contributed by atoms with Crippen molar-refractivity contribution in [3.05, 3.63) is 0 Å². The van der Waals surface area contributed by atoms with E-state index in [4.69, 9.17) is 10.2 Å². The maximum Gasteiger partial charge on any atom is 0.420 e. The predicted octanol–water partition coefficient (Wildman–Crippen LogP) is 1.36. The highest BCUT2D eigenvalue weighted by atomic mass is 16.4. The molecule has 0 aromatic carbocycles. The van der Waals surface area contributed by atoms with Crippen molar-refractivity contribution in [3.8, 4) is 0 Å². The summed E-state index contributed by atoms with van der Waals surface area (Å²) in [5.41, 5.74) is 9.55. The molecule has 8 heteroatoms. The van der Waals surface area contributed by atoms with Crippen LogP contribution >= 0.6 is 0 Å². The number of hydrazine groups is 3. The van der Waals surface area contributed by atoms with Crippen molar-refractivity contribution in [2.24, 2.45) is 0 Å². The van der Waals surface area contributed by atoms with Crippen molar-refractivity contribution < 1.29 is 19.8 Å². The predicted molar refractivity (Wildman–Crippen MR) is 74.6 cm³/mol. The molecule has 8 nitrogen and oxygen atoms in total. The summed E-state index contributed by atoms with van der Waals surface area (Å²) in [6, 6.07) is 0. The lowest BCUT2D eigenvalue weighted by molar-refractivity contribution is -0.137. The molecule has 0 aromatic heterocycles. The number of hydrogen-bond acceptors (Lipinski definition) is 5. The first-order valence-electron chi connectivity index (χ1n) is 7.06. The minimum Gasteiger partial charge on any atom is -0.481 e. The summed E-state index contributed by atoms with van der Waals surface area (Å²) in [6.45, 7) is 0.757. The van der Waals surface area contributed by atoms with Crippen LogP contribution < -0.4 is 21.9 Å². The zero-order chi connectivity index (χ0) is 15.1. The molecule has 0 aromatic rings. The van der Waals surface area contributed by atoms with Gasteiger partial charge < -0.3 is 10.2 Å². The van der Waals surface area contributed by atoms with Crippen LogP contribution in [0, 0.1) is 0 Å². The molecule has 0 bridgehead atoms. The molecule has 0 fully saturated rings. The lowest BCUT2D eigenvalue weighted by Crippen LogP contribution is -2.52. The second kappa shape index (κ2) is 14.0. The molecule has 1 amide bonds. The Labute approximate surface area is 119 Å². The van der Waals surface area contributed by atoms with Crippen molar-refractivity contribution in [2.45, 2.75) is 57.8 Å². The standard InChI is InChI=1S/C12H26N4O4/c17-11(18)9-7-5-3-1-2-4-6-8-10-13-15-16-14-12(19)20/h13-16H,1-10H2,(H,17,18)(H,19,20). The SMILES string of the molecule is O=C(O)CCCCCCCCCCNNNNC(=O)O.